The Balaban J connectivity index is 1.94. The first-order valence-corrected chi connectivity index (χ1v) is 6.91. The van der Waals surface area contributed by atoms with Gasteiger partial charge in [0.25, 0.3) is 0 Å². The van der Waals surface area contributed by atoms with Gasteiger partial charge >= 0.3 is 0 Å². The molecular formula is C15H23NO3. The summed E-state index contributed by atoms with van der Waals surface area (Å²) in [6.07, 6.45) is 1.50. The second kappa shape index (κ2) is 7.48. The molecule has 1 aliphatic heterocycles. The lowest BCUT2D eigenvalue weighted by atomic mass is 10.0. The maximum Gasteiger partial charge on any atom is 0.0810 e. The SMILES string of the molecule is COCCOCCN1CCCC(O)c2ccccc21. The van der Waals surface area contributed by atoms with Gasteiger partial charge in [0.05, 0.1) is 25.9 Å². The molecule has 0 spiro atoms. The van der Waals surface area contributed by atoms with E-state index in [0.29, 0.717) is 19.8 Å². The first kappa shape index (κ1) is 14.3. The average molecular weight is 265 g/mol. The van der Waals surface area contributed by atoms with Crippen molar-refractivity contribution in [3.05, 3.63) is 29.8 Å². The molecule has 2 rings (SSSR count). The van der Waals surface area contributed by atoms with Crippen LogP contribution in [0, 0.1) is 0 Å². The smallest absolute Gasteiger partial charge is 0.0810 e. The predicted molar refractivity (Wildman–Crippen MR) is 75.5 cm³/mol. The van der Waals surface area contributed by atoms with E-state index >= 15 is 0 Å². The number of hydrogen-bond donors (Lipinski definition) is 1. The molecule has 0 saturated carbocycles. The second-order valence-electron chi connectivity index (χ2n) is 4.81. The molecule has 1 heterocycles. The van der Waals surface area contributed by atoms with Gasteiger partial charge in [-0.2, -0.15) is 0 Å². The van der Waals surface area contributed by atoms with Crippen molar-refractivity contribution < 1.29 is 14.6 Å². The Morgan fingerprint density at radius 3 is 2.95 bits per heavy atom. The number of aliphatic hydroxyl groups excluding tert-OH is 1. The summed E-state index contributed by atoms with van der Waals surface area (Å²) in [6, 6.07) is 8.11. The molecule has 1 aromatic rings. The topological polar surface area (TPSA) is 41.9 Å². The van der Waals surface area contributed by atoms with Crippen molar-refractivity contribution in [2.45, 2.75) is 18.9 Å². The average Bonchev–Trinajstić information content (AvgIpc) is 2.59. The first-order valence-electron chi connectivity index (χ1n) is 6.91. The molecule has 1 atom stereocenters. The number of anilines is 1. The minimum atomic E-state index is -0.337. The maximum atomic E-state index is 10.1. The van der Waals surface area contributed by atoms with E-state index in [0.717, 1.165) is 37.2 Å². The van der Waals surface area contributed by atoms with Gasteiger partial charge in [-0.3, -0.25) is 0 Å². The van der Waals surface area contributed by atoms with E-state index in [9.17, 15) is 5.11 Å². The first-order chi connectivity index (χ1) is 9.33. The summed E-state index contributed by atoms with van der Waals surface area (Å²) in [4.78, 5) is 2.30. The summed E-state index contributed by atoms with van der Waals surface area (Å²) >= 11 is 0. The maximum absolute atomic E-state index is 10.1. The Labute approximate surface area is 114 Å². The van der Waals surface area contributed by atoms with Gasteiger partial charge < -0.3 is 19.5 Å². The summed E-state index contributed by atoms with van der Waals surface area (Å²) in [5, 5.41) is 10.1. The third-order valence-electron chi connectivity index (χ3n) is 3.48. The van der Waals surface area contributed by atoms with Crippen LogP contribution in [0.3, 0.4) is 0 Å². The molecule has 0 aliphatic carbocycles. The van der Waals surface area contributed by atoms with Gasteiger partial charge in [0.2, 0.25) is 0 Å². The highest BCUT2D eigenvalue weighted by Gasteiger charge is 2.20. The second-order valence-corrected chi connectivity index (χ2v) is 4.81. The van der Waals surface area contributed by atoms with Crippen LogP contribution in [0.1, 0.15) is 24.5 Å². The predicted octanol–water partition coefficient (Wildman–Crippen LogP) is 1.98. The lowest BCUT2D eigenvalue weighted by molar-refractivity contribution is 0.0740. The van der Waals surface area contributed by atoms with Crippen LogP contribution in [0.25, 0.3) is 0 Å². The van der Waals surface area contributed by atoms with Crippen molar-refractivity contribution in [3.8, 4) is 0 Å². The summed E-state index contributed by atoms with van der Waals surface area (Å²) in [5.74, 6) is 0. The number of para-hydroxylation sites is 1. The van der Waals surface area contributed by atoms with Crippen molar-refractivity contribution >= 4 is 5.69 Å². The van der Waals surface area contributed by atoms with Crippen molar-refractivity contribution in [1.29, 1.82) is 0 Å². The van der Waals surface area contributed by atoms with Crippen LogP contribution in [-0.4, -0.2) is 45.1 Å². The largest absolute Gasteiger partial charge is 0.388 e. The Kier molecular flexibility index (Phi) is 5.63. The zero-order valence-electron chi connectivity index (χ0n) is 11.5. The number of ether oxygens (including phenoxy) is 2. The van der Waals surface area contributed by atoms with E-state index in [2.05, 4.69) is 11.0 Å². The van der Waals surface area contributed by atoms with Crippen molar-refractivity contribution in [1.82, 2.24) is 0 Å². The van der Waals surface area contributed by atoms with Gasteiger partial charge in [-0.1, -0.05) is 18.2 Å². The summed E-state index contributed by atoms with van der Waals surface area (Å²) in [5.41, 5.74) is 2.18. The number of fused-ring (bicyclic) bond motifs is 1. The van der Waals surface area contributed by atoms with E-state index in [-0.39, 0.29) is 6.10 Å². The Hall–Kier alpha value is -1.10. The van der Waals surface area contributed by atoms with Crippen molar-refractivity contribution in [2.75, 3.05) is 44.9 Å². The third kappa shape index (κ3) is 3.93. The molecule has 0 saturated heterocycles. The quantitative estimate of drug-likeness (QED) is 0.799. The summed E-state index contributed by atoms with van der Waals surface area (Å²) in [6.45, 7) is 3.78. The minimum absolute atomic E-state index is 0.337. The van der Waals surface area contributed by atoms with Crippen molar-refractivity contribution in [2.24, 2.45) is 0 Å². The van der Waals surface area contributed by atoms with Crippen molar-refractivity contribution in [3.63, 3.8) is 0 Å². The van der Waals surface area contributed by atoms with Gasteiger partial charge in [0, 0.05) is 31.5 Å². The van der Waals surface area contributed by atoms with Crippen LogP contribution >= 0.6 is 0 Å². The molecule has 0 bridgehead atoms. The summed E-state index contributed by atoms with van der Waals surface area (Å²) < 4.78 is 10.5. The molecule has 0 radical (unpaired) electrons. The van der Waals surface area contributed by atoms with E-state index in [1.165, 1.54) is 0 Å². The molecule has 1 aromatic carbocycles. The van der Waals surface area contributed by atoms with Gasteiger partial charge in [-0.05, 0) is 18.9 Å². The van der Waals surface area contributed by atoms with Crippen LogP contribution in [-0.2, 0) is 9.47 Å². The highest BCUT2D eigenvalue weighted by molar-refractivity contribution is 5.55. The van der Waals surface area contributed by atoms with E-state index in [1.54, 1.807) is 7.11 Å². The summed E-state index contributed by atoms with van der Waals surface area (Å²) in [7, 11) is 1.68. The molecule has 19 heavy (non-hydrogen) atoms. The Morgan fingerprint density at radius 1 is 1.26 bits per heavy atom. The molecule has 1 unspecified atom stereocenters. The number of hydrogen-bond acceptors (Lipinski definition) is 4. The number of rotatable bonds is 6. The van der Waals surface area contributed by atoms with Gasteiger partial charge in [0.15, 0.2) is 0 Å². The Bertz CT molecular complexity index is 383. The molecule has 106 valence electrons. The zero-order chi connectivity index (χ0) is 13.5. The Morgan fingerprint density at radius 2 is 2.11 bits per heavy atom. The van der Waals surface area contributed by atoms with E-state index in [4.69, 9.17) is 9.47 Å². The lowest BCUT2D eigenvalue weighted by Crippen LogP contribution is -2.28. The minimum Gasteiger partial charge on any atom is -0.388 e. The van der Waals surface area contributed by atoms with Gasteiger partial charge in [-0.25, -0.2) is 0 Å². The molecule has 0 aromatic heterocycles. The van der Waals surface area contributed by atoms with Crippen LogP contribution in [0.5, 0.6) is 0 Å². The van der Waals surface area contributed by atoms with Crippen LogP contribution in [0.2, 0.25) is 0 Å². The molecule has 0 fully saturated rings. The fourth-order valence-corrected chi connectivity index (χ4v) is 2.46. The zero-order valence-corrected chi connectivity index (χ0v) is 11.5. The van der Waals surface area contributed by atoms with Crippen LogP contribution < -0.4 is 4.90 Å². The normalized spacial score (nSPS) is 19.1. The highest BCUT2D eigenvalue weighted by Crippen LogP contribution is 2.32. The monoisotopic (exact) mass is 265 g/mol. The third-order valence-corrected chi connectivity index (χ3v) is 3.48. The molecule has 4 nitrogen and oxygen atoms in total. The number of methoxy groups -OCH3 is 1. The van der Waals surface area contributed by atoms with Crippen LogP contribution in [0.4, 0.5) is 5.69 Å². The number of benzene rings is 1. The molecule has 1 N–H and O–H groups in total. The molecular weight excluding hydrogens is 242 g/mol. The number of nitrogens with zero attached hydrogens (tertiary/aromatic N) is 1. The molecule has 4 heteroatoms. The van der Waals surface area contributed by atoms with Gasteiger partial charge in [-0.15, -0.1) is 0 Å². The lowest BCUT2D eigenvalue weighted by Gasteiger charge is -2.25. The molecule has 1 aliphatic rings. The van der Waals surface area contributed by atoms with E-state index in [1.807, 2.05) is 18.2 Å². The highest BCUT2D eigenvalue weighted by atomic mass is 16.5. The standard InChI is InChI=1S/C15H23NO3/c1-18-11-12-19-10-9-16-8-4-7-15(17)13-5-2-3-6-14(13)16/h2-3,5-6,15,17H,4,7-12H2,1H3. The molecule has 0 amide bonds. The van der Waals surface area contributed by atoms with Gasteiger partial charge in [0.1, 0.15) is 0 Å². The number of aliphatic hydroxyl groups is 1. The fraction of sp³-hybridized carbons (Fsp3) is 0.600. The van der Waals surface area contributed by atoms with Crippen LogP contribution in [0.15, 0.2) is 24.3 Å². The fourth-order valence-electron chi connectivity index (χ4n) is 2.46. The van der Waals surface area contributed by atoms with E-state index < -0.39 is 0 Å².